The number of phosphoric ester groups is 1. The van der Waals surface area contributed by atoms with Crippen molar-refractivity contribution in [3.63, 3.8) is 0 Å². The van der Waals surface area contributed by atoms with Gasteiger partial charge in [-0.25, -0.2) is 4.57 Å². The summed E-state index contributed by atoms with van der Waals surface area (Å²) in [6.45, 7) is 4.49. The van der Waals surface area contributed by atoms with E-state index in [0.717, 1.165) is 44.9 Å². The van der Waals surface area contributed by atoms with Gasteiger partial charge in [0.25, 0.3) is 0 Å². The fourth-order valence-corrected chi connectivity index (χ4v) is 5.95. The Bertz CT molecular complexity index is 1110. The highest BCUT2D eigenvalue weighted by Crippen LogP contribution is 2.43. The summed E-state index contributed by atoms with van der Waals surface area (Å²) in [7, 11) is 1.49. The third-order valence-electron chi connectivity index (χ3n) is 8.51. The molecule has 0 bridgehead atoms. The van der Waals surface area contributed by atoms with Crippen molar-refractivity contribution in [2.45, 2.75) is 154 Å². The maximum atomic E-state index is 12.8. The Hall–Kier alpha value is -2.10. The number of quaternary nitrogens is 1. The topological polar surface area (TPSA) is 125 Å². The molecule has 0 fully saturated rings. The van der Waals surface area contributed by atoms with E-state index in [9.17, 15) is 24.5 Å². The Balaban J connectivity index is 4.65. The predicted octanol–water partition coefficient (Wildman–Crippen LogP) is 9.82. The van der Waals surface area contributed by atoms with Gasteiger partial charge in [-0.1, -0.05) is 151 Å². The number of hydrogen-bond acceptors (Lipinski definition) is 6. The average molecular weight is 766 g/mol. The molecule has 0 saturated carbocycles. The first-order valence-electron chi connectivity index (χ1n) is 20.4. The number of rotatable bonds is 35. The molecule has 306 valence electrons. The molecule has 0 heterocycles. The number of carbonyl (C=O) groups excluding carboxylic acids is 1. The predicted molar refractivity (Wildman–Crippen MR) is 222 cm³/mol. The summed E-state index contributed by atoms with van der Waals surface area (Å²) in [6, 6.07) is -0.890. The van der Waals surface area contributed by atoms with Gasteiger partial charge in [0.05, 0.1) is 46.0 Å². The summed E-state index contributed by atoms with van der Waals surface area (Å²) in [5, 5.41) is 23.5. The van der Waals surface area contributed by atoms with Crippen molar-refractivity contribution in [2.24, 2.45) is 0 Å². The molecule has 2 unspecified atom stereocenters. The number of nitrogens with zero attached hydrogens (tertiary/aromatic N) is 1. The molecule has 0 radical (unpaired) electrons. The summed E-state index contributed by atoms with van der Waals surface area (Å²) >= 11 is 0. The Morgan fingerprint density at radius 1 is 0.717 bits per heavy atom. The van der Waals surface area contributed by atoms with Crippen LogP contribution in [0.4, 0.5) is 0 Å². The highest BCUT2D eigenvalue weighted by atomic mass is 31.2. The number of aliphatic hydroxyl groups is 2. The van der Waals surface area contributed by atoms with E-state index in [2.05, 4.69) is 42.6 Å². The van der Waals surface area contributed by atoms with Gasteiger partial charge >= 0.3 is 7.82 Å². The lowest BCUT2D eigenvalue weighted by Crippen LogP contribution is -2.45. The molecule has 0 aromatic heterocycles. The molecule has 0 aliphatic carbocycles. The summed E-state index contributed by atoms with van der Waals surface area (Å²) in [6.07, 6.45) is 41.7. The third-order valence-corrected chi connectivity index (χ3v) is 9.49. The Labute approximate surface area is 324 Å². The lowest BCUT2D eigenvalue weighted by molar-refractivity contribution is -0.870. The molecular weight excluding hydrogens is 687 g/mol. The number of unbranched alkanes of at least 4 members (excludes halogenated alkanes) is 12. The van der Waals surface area contributed by atoms with Gasteiger partial charge in [-0.2, -0.15) is 0 Å². The van der Waals surface area contributed by atoms with E-state index in [4.69, 9.17) is 9.05 Å². The number of amides is 1. The van der Waals surface area contributed by atoms with E-state index in [0.29, 0.717) is 23.9 Å². The number of nitrogens with one attached hydrogen (secondary N) is 1. The lowest BCUT2D eigenvalue weighted by Gasteiger charge is -2.25. The van der Waals surface area contributed by atoms with Gasteiger partial charge in [0, 0.05) is 6.42 Å². The van der Waals surface area contributed by atoms with Crippen LogP contribution >= 0.6 is 7.82 Å². The van der Waals surface area contributed by atoms with Gasteiger partial charge < -0.3 is 24.9 Å². The van der Waals surface area contributed by atoms with Crippen LogP contribution in [0.2, 0.25) is 0 Å². The second kappa shape index (κ2) is 34.4. The second-order valence-corrected chi connectivity index (χ2v) is 16.3. The summed E-state index contributed by atoms with van der Waals surface area (Å²) < 4.78 is 23.4. The summed E-state index contributed by atoms with van der Waals surface area (Å²) in [5.41, 5.74) is 0. The van der Waals surface area contributed by atoms with Crippen molar-refractivity contribution in [3.05, 3.63) is 72.9 Å². The average Bonchev–Trinajstić information content (AvgIpc) is 3.10. The normalized spacial score (nSPS) is 15.8. The monoisotopic (exact) mass is 766 g/mol. The number of aliphatic hydroxyl groups excluding tert-OH is 2. The van der Waals surface area contributed by atoms with Crippen LogP contribution < -0.4 is 5.32 Å². The van der Waals surface area contributed by atoms with Crippen molar-refractivity contribution >= 4 is 13.7 Å². The fourth-order valence-electron chi connectivity index (χ4n) is 5.21. The smallest absolute Gasteiger partial charge is 0.389 e. The van der Waals surface area contributed by atoms with Crippen molar-refractivity contribution in [2.75, 3.05) is 40.9 Å². The van der Waals surface area contributed by atoms with Gasteiger partial charge in [0.1, 0.15) is 13.2 Å². The molecule has 0 aromatic rings. The standard InChI is InChI=1S/C43H77N2O7P/c1-6-8-10-11-12-13-14-15-19-22-25-28-31-35-42(47)41(39-52-53(49,50)51-38-37-45(3,4)5)44-43(48)36-32-29-26-23-20-17-16-18-21-24-27-30-34-40(46)33-9-7-2/h9,16-17,21,23-24,26-27,30-31,33,35,40-42,46-47H,6-8,10-15,18-20,22,25,28-29,32,34,36-39H2,1-5H3,(H-,44,48,49,50)/p+1/b17-16-,24-21-,26-23-,30-27+,33-9-,35-31+/t40?,41-,42+/m0/s1. The SMILES string of the molecule is CC/C=C\C(O)C/C=C/C=C\C/C=C\C/C=C\CCCC(=O)N[C@@H](COP(=O)(O)OCC[N+](C)(C)C)[C@H](O)/C=C/CCCCCCCCCCCCC. The fraction of sp³-hybridized carbons (Fsp3) is 0.698. The van der Waals surface area contributed by atoms with Crippen LogP contribution in [0.1, 0.15) is 136 Å². The van der Waals surface area contributed by atoms with Crippen molar-refractivity contribution in [1.29, 1.82) is 0 Å². The molecule has 9 nitrogen and oxygen atoms in total. The third kappa shape index (κ3) is 36.6. The number of carbonyl (C=O) groups is 1. The number of likely N-dealkylation sites (N-methyl/N-ethyl adjacent to an activating group) is 1. The van der Waals surface area contributed by atoms with Crippen LogP contribution in [-0.4, -0.2) is 84.6 Å². The number of hydrogen-bond donors (Lipinski definition) is 4. The second-order valence-electron chi connectivity index (χ2n) is 14.8. The Morgan fingerprint density at radius 3 is 1.94 bits per heavy atom. The molecular formula is C43H78N2O7P+. The van der Waals surface area contributed by atoms with E-state index in [1.54, 1.807) is 6.08 Å². The molecule has 10 heteroatoms. The molecule has 1 amide bonds. The summed E-state index contributed by atoms with van der Waals surface area (Å²) in [4.78, 5) is 23.0. The highest BCUT2D eigenvalue weighted by molar-refractivity contribution is 7.47. The lowest BCUT2D eigenvalue weighted by atomic mass is 10.0. The van der Waals surface area contributed by atoms with Gasteiger partial charge in [-0.3, -0.25) is 13.8 Å². The zero-order chi connectivity index (χ0) is 39.5. The molecule has 0 rings (SSSR count). The molecule has 0 spiro atoms. The first-order chi connectivity index (χ1) is 25.4. The molecule has 53 heavy (non-hydrogen) atoms. The molecule has 0 aromatic carbocycles. The maximum Gasteiger partial charge on any atom is 0.472 e. The van der Waals surface area contributed by atoms with Crippen molar-refractivity contribution in [3.8, 4) is 0 Å². The largest absolute Gasteiger partial charge is 0.472 e. The van der Waals surface area contributed by atoms with Crippen LogP contribution in [0.25, 0.3) is 0 Å². The zero-order valence-corrected chi connectivity index (χ0v) is 35.0. The maximum absolute atomic E-state index is 12.8. The Kier molecular flexibility index (Phi) is 33.0. The van der Waals surface area contributed by atoms with Gasteiger partial charge in [0.15, 0.2) is 0 Å². The van der Waals surface area contributed by atoms with Crippen LogP contribution in [-0.2, 0) is 18.4 Å². The molecule has 0 aliphatic heterocycles. The highest BCUT2D eigenvalue weighted by Gasteiger charge is 2.27. The van der Waals surface area contributed by atoms with E-state index in [-0.39, 0.29) is 25.5 Å². The van der Waals surface area contributed by atoms with Gasteiger partial charge in [-0.15, -0.1) is 0 Å². The number of allylic oxidation sites excluding steroid dienone is 9. The van der Waals surface area contributed by atoms with Gasteiger partial charge in [0.2, 0.25) is 5.91 Å². The zero-order valence-electron chi connectivity index (χ0n) is 34.1. The summed E-state index contributed by atoms with van der Waals surface area (Å²) in [5.74, 6) is -0.254. The number of phosphoric acid groups is 1. The van der Waals surface area contributed by atoms with E-state index >= 15 is 0 Å². The minimum atomic E-state index is -4.36. The Morgan fingerprint density at radius 2 is 1.30 bits per heavy atom. The molecule has 4 N–H and O–H groups in total. The van der Waals surface area contributed by atoms with Crippen LogP contribution in [0.5, 0.6) is 0 Å². The quantitative estimate of drug-likeness (QED) is 0.0166. The van der Waals surface area contributed by atoms with Crippen LogP contribution in [0, 0.1) is 0 Å². The molecule has 4 atom stereocenters. The molecule has 0 saturated heterocycles. The molecule has 0 aliphatic rings. The first kappa shape index (κ1) is 50.9. The van der Waals surface area contributed by atoms with Crippen LogP contribution in [0.15, 0.2) is 72.9 Å². The van der Waals surface area contributed by atoms with E-state index < -0.39 is 26.1 Å². The van der Waals surface area contributed by atoms with Crippen molar-refractivity contribution in [1.82, 2.24) is 5.32 Å². The van der Waals surface area contributed by atoms with E-state index in [1.807, 2.05) is 64.5 Å². The van der Waals surface area contributed by atoms with E-state index in [1.165, 1.54) is 57.8 Å². The van der Waals surface area contributed by atoms with Gasteiger partial charge in [-0.05, 0) is 51.4 Å². The van der Waals surface area contributed by atoms with Crippen LogP contribution in [0.3, 0.4) is 0 Å². The van der Waals surface area contributed by atoms with Crippen molar-refractivity contribution < 1.29 is 38.0 Å². The minimum absolute atomic E-state index is 0.0394. The first-order valence-corrected chi connectivity index (χ1v) is 21.9. The minimum Gasteiger partial charge on any atom is -0.389 e.